The van der Waals surface area contributed by atoms with E-state index in [1.54, 1.807) is 22.9 Å². The van der Waals surface area contributed by atoms with Crippen LogP contribution in [-0.2, 0) is 17.5 Å². The van der Waals surface area contributed by atoms with Gasteiger partial charge in [0.2, 0.25) is 5.91 Å². The molecular weight excluding hydrogens is 497 g/mol. The molecule has 1 fully saturated rings. The number of nitrogens with zero attached hydrogens (tertiary/aromatic N) is 3. The van der Waals surface area contributed by atoms with Crippen molar-refractivity contribution in [1.29, 1.82) is 0 Å². The maximum atomic E-state index is 13.5. The summed E-state index contributed by atoms with van der Waals surface area (Å²) in [6.45, 7) is 8.74. The highest BCUT2D eigenvalue weighted by Gasteiger charge is 2.31. The molecule has 1 aromatic carbocycles. The average Bonchev–Trinajstić information content (AvgIpc) is 3.26. The molecule has 0 unspecified atom stereocenters. The van der Waals surface area contributed by atoms with Crippen LogP contribution in [0.2, 0.25) is 0 Å². The fraction of sp³-hybridized carbons (Fsp3) is 0.500. The predicted octanol–water partition coefficient (Wildman–Crippen LogP) is 4.96. The number of benzene rings is 1. The SMILES string of the molecule is CC(C)(C)NC(=O)Cn1c(-c2cccc(C(F)(F)F)c2)cn2cc(OCCCN3CCCCC3)cc2c1=O. The van der Waals surface area contributed by atoms with Crippen molar-refractivity contribution in [3.63, 3.8) is 0 Å². The number of amides is 1. The number of nitrogens with one attached hydrogen (secondary N) is 1. The van der Waals surface area contributed by atoms with E-state index in [9.17, 15) is 22.8 Å². The van der Waals surface area contributed by atoms with Gasteiger partial charge in [-0.25, -0.2) is 0 Å². The molecule has 1 aliphatic rings. The standard InChI is InChI=1S/C28H35F3N4O3/c1-27(2,3)32-25(36)19-35-24(20-9-7-10-21(15-20)28(29,30)31)18-34-17-22(16-23(34)26(35)37)38-14-8-13-33-11-5-4-6-12-33/h7,9-10,15-18H,4-6,8,11-14,19H2,1-3H3,(H,32,36). The van der Waals surface area contributed by atoms with E-state index in [2.05, 4.69) is 10.2 Å². The van der Waals surface area contributed by atoms with Crippen LogP contribution in [0.4, 0.5) is 13.2 Å². The first-order chi connectivity index (χ1) is 17.9. The van der Waals surface area contributed by atoms with Gasteiger partial charge in [-0.05, 0) is 65.3 Å². The number of rotatable bonds is 8. The quantitative estimate of drug-likeness (QED) is 0.417. The monoisotopic (exact) mass is 532 g/mol. The number of halogens is 3. The number of piperidine rings is 1. The third-order valence-corrected chi connectivity index (χ3v) is 6.48. The average molecular weight is 533 g/mol. The topological polar surface area (TPSA) is 68.0 Å². The molecule has 4 rings (SSSR count). The Kier molecular flexibility index (Phi) is 8.20. The van der Waals surface area contributed by atoms with E-state index >= 15 is 0 Å². The Morgan fingerprint density at radius 3 is 2.47 bits per heavy atom. The van der Waals surface area contributed by atoms with E-state index in [1.165, 1.54) is 36.0 Å². The fourth-order valence-electron chi connectivity index (χ4n) is 4.76. The zero-order valence-corrected chi connectivity index (χ0v) is 22.1. The van der Waals surface area contributed by atoms with E-state index in [4.69, 9.17) is 4.74 Å². The lowest BCUT2D eigenvalue weighted by atomic mass is 10.1. The second-order valence-electron chi connectivity index (χ2n) is 10.9. The van der Waals surface area contributed by atoms with E-state index < -0.39 is 28.7 Å². The summed E-state index contributed by atoms with van der Waals surface area (Å²) in [5, 5.41) is 2.81. The van der Waals surface area contributed by atoms with Gasteiger partial charge in [-0.2, -0.15) is 13.2 Å². The molecule has 0 atom stereocenters. The van der Waals surface area contributed by atoms with Crippen molar-refractivity contribution in [3.8, 4) is 17.0 Å². The lowest BCUT2D eigenvalue weighted by Gasteiger charge is -2.26. The summed E-state index contributed by atoms with van der Waals surface area (Å²) in [7, 11) is 0. The number of aromatic nitrogens is 2. The van der Waals surface area contributed by atoms with Crippen LogP contribution in [0.3, 0.4) is 0 Å². The molecule has 3 heterocycles. The van der Waals surface area contributed by atoms with Crippen molar-refractivity contribution in [2.24, 2.45) is 0 Å². The summed E-state index contributed by atoms with van der Waals surface area (Å²) >= 11 is 0. The van der Waals surface area contributed by atoms with Crippen molar-refractivity contribution in [2.75, 3.05) is 26.2 Å². The molecular formula is C28H35F3N4O3. The van der Waals surface area contributed by atoms with Gasteiger partial charge in [-0.1, -0.05) is 18.6 Å². The molecule has 0 saturated carbocycles. The highest BCUT2D eigenvalue weighted by Crippen LogP contribution is 2.32. The number of hydrogen-bond donors (Lipinski definition) is 1. The van der Waals surface area contributed by atoms with Crippen LogP contribution in [0.25, 0.3) is 16.8 Å². The molecule has 1 amide bonds. The van der Waals surface area contributed by atoms with E-state index in [0.29, 0.717) is 12.4 Å². The summed E-state index contributed by atoms with van der Waals surface area (Å²) in [6, 6.07) is 6.36. The highest BCUT2D eigenvalue weighted by molar-refractivity contribution is 5.78. The third-order valence-electron chi connectivity index (χ3n) is 6.48. The number of carbonyl (C=O) groups is 1. The minimum absolute atomic E-state index is 0.181. The van der Waals surface area contributed by atoms with Crippen LogP contribution >= 0.6 is 0 Å². The molecule has 206 valence electrons. The molecule has 0 bridgehead atoms. The summed E-state index contributed by atoms with van der Waals surface area (Å²) < 4.78 is 48.9. The summed E-state index contributed by atoms with van der Waals surface area (Å²) in [5.41, 5.74) is -1.21. The van der Waals surface area contributed by atoms with Gasteiger partial charge in [0.1, 0.15) is 17.8 Å². The van der Waals surface area contributed by atoms with Crippen LogP contribution in [0.1, 0.15) is 52.0 Å². The second kappa shape index (κ2) is 11.2. The molecule has 10 heteroatoms. The van der Waals surface area contributed by atoms with Crippen LogP contribution in [0.15, 0.2) is 47.5 Å². The Hall–Kier alpha value is -3.27. The van der Waals surface area contributed by atoms with Crippen molar-refractivity contribution in [3.05, 3.63) is 58.6 Å². The second-order valence-corrected chi connectivity index (χ2v) is 10.9. The Bertz CT molecular complexity index is 1330. The highest BCUT2D eigenvalue weighted by atomic mass is 19.4. The number of alkyl halides is 3. The van der Waals surface area contributed by atoms with Gasteiger partial charge in [0.15, 0.2) is 0 Å². The number of carbonyl (C=O) groups excluding carboxylic acids is 1. The third kappa shape index (κ3) is 6.98. The zero-order valence-electron chi connectivity index (χ0n) is 22.1. The van der Waals surface area contributed by atoms with E-state index in [1.807, 2.05) is 20.8 Å². The first-order valence-electron chi connectivity index (χ1n) is 13.0. The van der Waals surface area contributed by atoms with Gasteiger partial charge in [0.25, 0.3) is 5.56 Å². The van der Waals surface area contributed by atoms with Crippen LogP contribution in [0, 0.1) is 0 Å². The molecule has 0 radical (unpaired) electrons. The molecule has 1 N–H and O–H groups in total. The number of fused-ring (bicyclic) bond motifs is 1. The van der Waals surface area contributed by atoms with Crippen LogP contribution < -0.4 is 15.6 Å². The van der Waals surface area contributed by atoms with E-state index in [-0.39, 0.29) is 23.3 Å². The number of hydrogen-bond acceptors (Lipinski definition) is 4. The van der Waals surface area contributed by atoms with E-state index in [0.717, 1.165) is 38.2 Å². The van der Waals surface area contributed by atoms with Crippen molar-refractivity contribution < 1.29 is 22.7 Å². The van der Waals surface area contributed by atoms with Crippen molar-refractivity contribution >= 4 is 11.4 Å². The van der Waals surface area contributed by atoms with Crippen LogP contribution in [-0.4, -0.2) is 51.6 Å². The lowest BCUT2D eigenvalue weighted by molar-refractivity contribution is -0.137. The minimum atomic E-state index is -4.54. The molecule has 38 heavy (non-hydrogen) atoms. The van der Waals surface area contributed by atoms with Crippen molar-refractivity contribution in [1.82, 2.24) is 19.2 Å². The number of ether oxygens (including phenoxy) is 1. The zero-order chi connectivity index (χ0) is 27.5. The largest absolute Gasteiger partial charge is 0.492 e. The first-order valence-corrected chi connectivity index (χ1v) is 13.0. The smallest absolute Gasteiger partial charge is 0.416 e. The molecule has 0 spiro atoms. The molecule has 0 aliphatic carbocycles. The van der Waals surface area contributed by atoms with Gasteiger partial charge in [-0.15, -0.1) is 0 Å². The van der Waals surface area contributed by atoms with Gasteiger partial charge in [0.05, 0.1) is 24.1 Å². The van der Waals surface area contributed by atoms with Gasteiger partial charge >= 0.3 is 6.18 Å². The lowest BCUT2D eigenvalue weighted by Crippen LogP contribution is -2.43. The summed E-state index contributed by atoms with van der Waals surface area (Å²) in [5.74, 6) is 0.0746. The maximum absolute atomic E-state index is 13.5. The maximum Gasteiger partial charge on any atom is 0.416 e. The first kappa shape index (κ1) is 27.8. The minimum Gasteiger partial charge on any atom is -0.492 e. The fourth-order valence-corrected chi connectivity index (χ4v) is 4.76. The molecule has 2 aromatic heterocycles. The normalized spacial score (nSPS) is 15.1. The Morgan fingerprint density at radius 2 is 1.79 bits per heavy atom. The summed E-state index contributed by atoms with van der Waals surface area (Å²) in [6.07, 6.45) is 3.24. The van der Waals surface area contributed by atoms with Gasteiger partial charge in [0, 0.05) is 29.9 Å². The molecule has 3 aromatic rings. The Morgan fingerprint density at radius 1 is 1.05 bits per heavy atom. The van der Waals surface area contributed by atoms with Gasteiger partial charge in [-0.3, -0.25) is 14.2 Å². The molecule has 1 saturated heterocycles. The molecule has 1 aliphatic heterocycles. The van der Waals surface area contributed by atoms with Gasteiger partial charge < -0.3 is 19.4 Å². The Labute approximate surface area is 220 Å². The summed E-state index contributed by atoms with van der Waals surface area (Å²) in [4.78, 5) is 28.7. The molecule has 7 nitrogen and oxygen atoms in total. The van der Waals surface area contributed by atoms with Crippen LogP contribution in [0.5, 0.6) is 5.75 Å². The number of likely N-dealkylation sites (tertiary alicyclic amines) is 1. The predicted molar refractivity (Wildman–Crippen MR) is 140 cm³/mol. The van der Waals surface area contributed by atoms with Crippen molar-refractivity contribution in [2.45, 2.75) is 64.7 Å². The Balaban J connectivity index is 1.64.